The van der Waals surface area contributed by atoms with E-state index < -0.39 is 0 Å². The molecule has 27 heavy (non-hydrogen) atoms. The zero-order valence-electron chi connectivity index (χ0n) is 15.7. The molecule has 1 N–H and O–H groups in total. The molecule has 7 rings (SSSR count). The average Bonchev–Trinajstić information content (AvgIpc) is 2.99. The minimum atomic E-state index is 0.163. The monoisotopic (exact) mass is 359 g/mol. The zero-order chi connectivity index (χ0) is 18.2. The quantitative estimate of drug-likeness (QED) is 0.676. The molecule has 4 bridgehead atoms. The first-order valence-corrected chi connectivity index (χ1v) is 10.2. The largest absolute Gasteiger partial charge is 0.508 e. The number of piperidine rings is 2. The third kappa shape index (κ3) is 2.12. The number of nitrogens with zero attached hydrogens (tertiary/aromatic N) is 1. The molecule has 0 spiro atoms. The molecule has 3 fully saturated rings. The fourth-order valence-electron chi connectivity index (χ4n) is 6.53. The van der Waals surface area contributed by atoms with Crippen molar-refractivity contribution in [3.8, 4) is 5.75 Å². The van der Waals surface area contributed by atoms with E-state index in [4.69, 9.17) is 4.42 Å². The summed E-state index contributed by atoms with van der Waals surface area (Å²) in [6, 6.07) is 17.1. The highest BCUT2D eigenvalue weighted by Crippen LogP contribution is 2.56. The van der Waals surface area contributed by atoms with Crippen molar-refractivity contribution in [1.82, 2.24) is 4.90 Å². The van der Waals surface area contributed by atoms with Crippen molar-refractivity contribution in [3.63, 3.8) is 0 Å². The molecule has 1 saturated carbocycles. The molecule has 3 aliphatic heterocycles. The third-order valence-corrected chi connectivity index (χ3v) is 7.44. The van der Waals surface area contributed by atoms with E-state index in [0.29, 0.717) is 17.7 Å². The van der Waals surface area contributed by atoms with Gasteiger partial charge in [0.15, 0.2) is 0 Å². The molecule has 1 aromatic heterocycles. The van der Waals surface area contributed by atoms with Gasteiger partial charge < -0.3 is 9.52 Å². The van der Waals surface area contributed by atoms with Crippen LogP contribution >= 0.6 is 0 Å². The van der Waals surface area contributed by atoms with Gasteiger partial charge in [-0.2, -0.15) is 0 Å². The molecule has 4 aliphatic rings. The maximum absolute atomic E-state index is 9.99. The van der Waals surface area contributed by atoms with Crippen LogP contribution in [0, 0.1) is 5.92 Å². The Kier molecular flexibility index (Phi) is 3.14. The first kappa shape index (κ1) is 15.8. The van der Waals surface area contributed by atoms with E-state index in [1.54, 1.807) is 6.07 Å². The minimum Gasteiger partial charge on any atom is -0.508 e. The van der Waals surface area contributed by atoms with Gasteiger partial charge in [0.25, 0.3) is 0 Å². The number of hydrogen-bond acceptors (Lipinski definition) is 3. The molecule has 2 saturated heterocycles. The lowest BCUT2D eigenvalue weighted by Crippen LogP contribution is -2.62. The number of rotatable bonds is 1. The van der Waals surface area contributed by atoms with Crippen LogP contribution in [0.25, 0.3) is 11.0 Å². The smallest absolute Gasteiger partial charge is 0.134 e. The second-order valence-corrected chi connectivity index (χ2v) is 9.01. The van der Waals surface area contributed by atoms with Crippen LogP contribution in [0.15, 0.2) is 52.9 Å². The van der Waals surface area contributed by atoms with Gasteiger partial charge >= 0.3 is 0 Å². The Balaban J connectivity index is 1.54. The molecular weight excluding hydrogens is 334 g/mol. The van der Waals surface area contributed by atoms with E-state index in [0.717, 1.165) is 29.9 Å². The van der Waals surface area contributed by atoms with Gasteiger partial charge in [-0.3, -0.25) is 4.90 Å². The molecular formula is C24H25NO2. The van der Waals surface area contributed by atoms with Crippen molar-refractivity contribution >= 4 is 11.0 Å². The highest BCUT2D eigenvalue weighted by Gasteiger charge is 2.56. The Hall–Kier alpha value is -2.26. The molecule has 5 unspecified atom stereocenters. The van der Waals surface area contributed by atoms with E-state index in [1.807, 2.05) is 12.1 Å². The van der Waals surface area contributed by atoms with Gasteiger partial charge in [-0.1, -0.05) is 37.3 Å². The Morgan fingerprint density at radius 3 is 2.85 bits per heavy atom. The predicted octanol–water partition coefficient (Wildman–Crippen LogP) is 4.83. The van der Waals surface area contributed by atoms with Crippen LogP contribution in [-0.4, -0.2) is 29.1 Å². The van der Waals surface area contributed by atoms with Crippen LogP contribution in [-0.2, 0) is 11.8 Å². The van der Waals surface area contributed by atoms with Crippen LogP contribution in [0.5, 0.6) is 5.75 Å². The normalized spacial score (nSPS) is 34.4. The molecule has 138 valence electrons. The van der Waals surface area contributed by atoms with Gasteiger partial charge in [0.1, 0.15) is 17.1 Å². The third-order valence-electron chi connectivity index (χ3n) is 7.44. The lowest BCUT2D eigenvalue weighted by Gasteiger charge is -2.58. The molecule has 5 atom stereocenters. The van der Waals surface area contributed by atoms with Gasteiger partial charge in [0.2, 0.25) is 0 Å². The van der Waals surface area contributed by atoms with Gasteiger partial charge in [-0.05, 0) is 48.9 Å². The summed E-state index contributed by atoms with van der Waals surface area (Å²) in [5, 5.41) is 11.1. The van der Waals surface area contributed by atoms with Crippen LogP contribution < -0.4 is 0 Å². The molecule has 3 aromatic rings. The molecule has 3 nitrogen and oxygen atoms in total. The number of aromatic hydroxyl groups is 1. The number of phenolic OH excluding ortho intramolecular Hbond substituents is 1. The Labute approximate surface area is 159 Å². The van der Waals surface area contributed by atoms with Crippen LogP contribution in [0.3, 0.4) is 0 Å². The first-order chi connectivity index (χ1) is 13.1. The van der Waals surface area contributed by atoms with Crippen LogP contribution in [0.2, 0.25) is 0 Å². The highest BCUT2D eigenvalue weighted by molar-refractivity contribution is 5.84. The zero-order valence-corrected chi connectivity index (χ0v) is 15.7. The van der Waals surface area contributed by atoms with E-state index in [-0.39, 0.29) is 5.41 Å². The van der Waals surface area contributed by atoms with Crippen molar-refractivity contribution in [1.29, 1.82) is 0 Å². The molecule has 1 aliphatic carbocycles. The fourth-order valence-corrected chi connectivity index (χ4v) is 6.53. The lowest BCUT2D eigenvalue weighted by atomic mass is 9.56. The van der Waals surface area contributed by atoms with Crippen molar-refractivity contribution < 1.29 is 9.52 Å². The van der Waals surface area contributed by atoms with Crippen molar-refractivity contribution in [2.24, 2.45) is 5.92 Å². The molecule has 4 heterocycles. The number of phenols is 1. The predicted molar refractivity (Wildman–Crippen MR) is 106 cm³/mol. The Morgan fingerprint density at radius 1 is 1.15 bits per heavy atom. The van der Waals surface area contributed by atoms with E-state index >= 15 is 0 Å². The summed E-state index contributed by atoms with van der Waals surface area (Å²) in [6.45, 7) is 4.77. The summed E-state index contributed by atoms with van der Waals surface area (Å²) in [5.41, 5.74) is 3.88. The molecule has 2 aromatic carbocycles. The van der Waals surface area contributed by atoms with Crippen molar-refractivity contribution in [2.75, 3.05) is 13.1 Å². The minimum absolute atomic E-state index is 0.163. The highest BCUT2D eigenvalue weighted by atomic mass is 16.3. The van der Waals surface area contributed by atoms with Crippen LogP contribution in [0.1, 0.15) is 42.6 Å². The number of benzene rings is 2. The van der Waals surface area contributed by atoms with E-state index in [9.17, 15) is 5.11 Å². The number of furan rings is 1. The molecule has 3 heteroatoms. The summed E-state index contributed by atoms with van der Waals surface area (Å²) in [7, 11) is 0. The Bertz CT molecular complexity index is 1020. The summed E-state index contributed by atoms with van der Waals surface area (Å²) in [5.74, 6) is 2.68. The summed E-state index contributed by atoms with van der Waals surface area (Å²) in [4.78, 5) is 2.74. The summed E-state index contributed by atoms with van der Waals surface area (Å²) >= 11 is 0. The second-order valence-electron chi connectivity index (χ2n) is 9.01. The lowest BCUT2D eigenvalue weighted by molar-refractivity contribution is -0.0292. The van der Waals surface area contributed by atoms with Gasteiger partial charge in [0, 0.05) is 41.4 Å². The first-order valence-electron chi connectivity index (χ1n) is 10.2. The number of fused-ring (bicyclic) bond motifs is 4. The van der Waals surface area contributed by atoms with E-state index in [1.165, 1.54) is 36.3 Å². The maximum atomic E-state index is 9.99. The number of hydrogen-bond donors (Lipinski definition) is 1. The maximum Gasteiger partial charge on any atom is 0.134 e. The van der Waals surface area contributed by atoms with Crippen molar-refractivity contribution in [3.05, 3.63) is 65.4 Å². The Morgan fingerprint density at radius 2 is 2.00 bits per heavy atom. The van der Waals surface area contributed by atoms with Crippen LogP contribution in [0.4, 0.5) is 0 Å². The molecule has 0 amide bonds. The van der Waals surface area contributed by atoms with Gasteiger partial charge in [0.05, 0.1) is 0 Å². The second kappa shape index (κ2) is 5.39. The topological polar surface area (TPSA) is 36.6 Å². The van der Waals surface area contributed by atoms with Crippen molar-refractivity contribution in [2.45, 2.75) is 43.6 Å². The standard InChI is InChI=1S/C24H25NO2/c1-24(16-5-3-2-4-6-16)13-15-11-20-22-18(9-10-25(14-15)23(20)24)19-12-17(26)7-8-21(19)27-22/h2-8,12,15,20,23,26H,9-11,13-14H2,1H3. The SMILES string of the molecule is CC1(c2ccccc2)CC2CC3c4oc5ccc(O)cc5c4CCN(C2)C31. The van der Waals surface area contributed by atoms with Gasteiger partial charge in [-0.25, -0.2) is 0 Å². The fraction of sp³-hybridized carbons (Fsp3) is 0.417. The summed E-state index contributed by atoms with van der Waals surface area (Å²) < 4.78 is 6.46. The molecule has 0 radical (unpaired) electrons. The van der Waals surface area contributed by atoms with Gasteiger partial charge in [-0.15, -0.1) is 0 Å². The van der Waals surface area contributed by atoms with E-state index in [2.05, 4.69) is 42.2 Å². The summed E-state index contributed by atoms with van der Waals surface area (Å²) in [6.07, 6.45) is 3.50. The average molecular weight is 359 g/mol.